The van der Waals surface area contributed by atoms with Crippen LogP contribution in [0.25, 0.3) is 0 Å². The summed E-state index contributed by atoms with van der Waals surface area (Å²) in [5, 5.41) is 8.95. The van der Waals surface area contributed by atoms with E-state index in [2.05, 4.69) is 4.72 Å². The highest BCUT2D eigenvalue weighted by molar-refractivity contribution is 7.89. The molecule has 0 atom stereocenters. The fourth-order valence-corrected chi connectivity index (χ4v) is 3.18. The van der Waals surface area contributed by atoms with E-state index >= 15 is 0 Å². The molecule has 0 saturated heterocycles. The Morgan fingerprint density at radius 1 is 1.38 bits per heavy atom. The lowest BCUT2D eigenvalue weighted by Gasteiger charge is -2.20. The van der Waals surface area contributed by atoms with Crippen LogP contribution in [0.5, 0.6) is 0 Å². The molecule has 0 aliphatic heterocycles. The standard InChI is InChI=1S/C14H22N2O4S/c1-4-16(8-9-17)14(18)12-6-5-7-13(10-12)21(19,20)15-11(2)3/h5-7,10-11,15,17H,4,8-9H2,1-3H3. The molecule has 6 nitrogen and oxygen atoms in total. The summed E-state index contributed by atoms with van der Waals surface area (Å²) in [7, 11) is -3.63. The van der Waals surface area contributed by atoms with E-state index < -0.39 is 10.0 Å². The zero-order valence-corrected chi connectivity index (χ0v) is 13.4. The number of hydrogen-bond donors (Lipinski definition) is 2. The third kappa shape index (κ3) is 4.80. The van der Waals surface area contributed by atoms with Gasteiger partial charge in [-0.05, 0) is 39.0 Å². The van der Waals surface area contributed by atoms with E-state index in [-0.39, 0.29) is 35.6 Å². The molecule has 0 radical (unpaired) electrons. The number of benzene rings is 1. The molecular formula is C14H22N2O4S. The molecule has 1 rings (SSSR count). The van der Waals surface area contributed by atoms with Crippen LogP contribution in [-0.2, 0) is 10.0 Å². The molecule has 0 bridgehead atoms. The van der Waals surface area contributed by atoms with Crippen LogP contribution in [0, 0.1) is 0 Å². The molecule has 0 saturated carbocycles. The van der Waals surface area contributed by atoms with Gasteiger partial charge in [-0.1, -0.05) is 6.07 Å². The topological polar surface area (TPSA) is 86.7 Å². The van der Waals surface area contributed by atoms with Crippen LogP contribution in [0.2, 0.25) is 0 Å². The molecule has 7 heteroatoms. The number of amides is 1. The second kappa shape index (κ2) is 7.53. The molecule has 0 aliphatic rings. The summed E-state index contributed by atoms with van der Waals surface area (Å²) in [5.41, 5.74) is 0.289. The predicted octanol–water partition coefficient (Wildman–Crippen LogP) is 0.828. The maximum absolute atomic E-state index is 12.3. The van der Waals surface area contributed by atoms with Crippen molar-refractivity contribution >= 4 is 15.9 Å². The Morgan fingerprint density at radius 2 is 2.05 bits per heavy atom. The average Bonchev–Trinajstić information content (AvgIpc) is 2.43. The van der Waals surface area contributed by atoms with Crippen LogP contribution in [0.15, 0.2) is 29.2 Å². The Bertz CT molecular complexity index is 584. The Balaban J connectivity index is 3.08. The Labute approximate surface area is 125 Å². The quantitative estimate of drug-likeness (QED) is 0.780. The SMILES string of the molecule is CCN(CCO)C(=O)c1cccc(S(=O)(=O)NC(C)C)c1. The maximum Gasteiger partial charge on any atom is 0.253 e. The molecule has 0 heterocycles. The summed E-state index contributed by atoms with van der Waals surface area (Å²) in [5.74, 6) is -0.298. The minimum atomic E-state index is -3.63. The van der Waals surface area contributed by atoms with Gasteiger partial charge in [0.25, 0.3) is 5.91 Å². The highest BCUT2D eigenvalue weighted by atomic mass is 32.2. The molecular weight excluding hydrogens is 292 g/mol. The third-order valence-corrected chi connectivity index (χ3v) is 4.48. The largest absolute Gasteiger partial charge is 0.395 e. The van der Waals surface area contributed by atoms with E-state index in [1.165, 1.54) is 23.1 Å². The first kappa shape index (κ1) is 17.6. The smallest absolute Gasteiger partial charge is 0.253 e. The summed E-state index contributed by atoms with van der Waals surface area (Å²) < 4.78 is 26.7. The van der Waals surface area contributed by atoms with Gasteiger partial charge in [0.2, 0.25) is 10.0 Å². The molecule has 1 amide bonds. The van der Waals surface area contributed by atoms with E-state index in [9.17, 15) is 13.2 Å². The summed E-state index contributed by atoms with van der Waals surface area (Å²) >= 11 is 0. The Morgan fingerprint density at radius 3 is 2.57 bits per heavy atom. The molecule has 21 heavy (non-hydrogen) atoms. The van der Waals surface area contributed by atoms with E-state index in [4.69, 9.17) is 5.11 Å². The molecule has 0 aliphatic carbocycles. The molecule has 0 spiro atoms. The van der Waals surface area contributed by atoms with Gasteiger partial charge in [0.15, 0.2) is 0 Å². The monoisotopic (exact) mass is 314 g/mol. The highest BCUT2D eigenvalue weighted by Crippen LogP contribution is 2.14. The van der Waals surface area contributed by atoms with Crippen molar-refractivity contribution in [3.05, 3.63) is 29.8 Å². The lowest BCUT2D eigenvalue weighted by Crippen LogP contribution is -2.34. The van der Waals surface area contributed by atoms with Crippen molar-refractivity contribution in [3.8, 4) is 0 Å². The van der Waals surface area contributed by atoms with Gasteiger partial charge in [0.05, 0.1) is 11.5 Å². The van der Waals surface area contributed by atoms with Crippen LogP contribution in [-0.4, -0.2) is 50.1 Å². The van der Waals surface area contributed by atoms with Crippen molar-refractivity contribution in [1.82, 2.24) is 9.62 Å². The van der Waals surface area contributed by atoms with Crippen molar-refractivity contribution < 1.29 is 18.3 Å². The van der Waals surface area contributed by atoms with E-state index in [1.807, 2.05) is 0 Å². The molecule has 118 valence electrons. The van der Waals surface area contributed by atoms with Gasteiger partial charge in [-0.25, -0.2) is 13.1 Å². The van der Waals surface area contributed by atoms with Gasteiger partial charge in [0.1, 0.15) is 0 Å². The Hall–Kier alpha value is -1.44. The predicted molar refractivity (Wildman–Crippen MR) is 80.6 cm³/mol. The van der Waals surface area contributed by atoms with Crippen LogP contribution in [0.1, 0.15) is 31.1 Å². The number of carbonyl (C=O) groups is 1. The summed E-state index contributed by atoms with van der Waals surface area (Å²) in [4.78, 5) is 13.8. The average molecular weight is 314 g/mol. The van der Waals surface area contributed by atoms with Crippen molar-refractivity contribution in [2.45, 2.75) is 31.7 Å². The maximum atomic E-state index is 12.3. The fraction of sp³-hybridized carbons (Fsp3) is 0.500. The van der Waals surface area contributed by atoms with E-state index in [0.717, 1.165) is 0 Å². The lowest BCUT2D eigenvalue weighted by molar-refractivity contribution is 0.0731. The zero-order valence-electron chi connectivity index (χ0n) is 12.5. The third-order valence-electron chi connectivity index (χ3n) is 2.82. The van der Waals surface area contributed by atoms with E-state index in [0.29, 0.717) is 6.54 Å². The van der Waals surface area contributed by atoms with Gasteiger partial charge in [-0.2, -0.15) is 0 Å². The van der Waals surface area contributed by atoms with Crippen molar-refractivity contribution in [2.75, 3.05) is 19.7 Å². The molecule has 0 unspecified atom stereocenters. The number of nitrogens with one attached hydrogen (secondary N) is 1. The van der Waals surface area contributed by atoms with Gasteiger partial charge in [-0.15, -0.1) is 0 Å². The molecule has 1 aromatic rings. The van der Waals surface area contributed by atoms with Gasteiger partial charge in [-0.3, -0.25) is 4.79 Å². The summed E-state index contributed by atoms with van der Waals surface area (Å²) in [6.07, 6.45) is 0. The lowest BCUT2D eigenvalue weighted by atomic mass is 10.2. The number of likely N-dealkylation sites (N-methyl/N-ethyl adjacent to an activating group) is 1. The summed E-state index contributed by atoms with van der Waals surface area (Å²) in [6, 6.07) is 5.68. The fourth-order valence-electron chi connectivity index (χ4n) is 1.88. The first-order valence-corrected chi connectivity index (χ1v) is 8.32. The Kier molecular flexibility index (Phi) is 6.32. The van der Waals surface area contributed by atoms with E-state index in [1.54, 1.807) is 26.8 Å². The molecule has 0 fully saturated rings. The number of aliphatic hydroxyl groups is 1. The van der Waals surface area contributed by atoms with Crippen LogP contribution in [0.4, 0.5) is 0 Å². The highest BCUT2D eigenvalue weighted by Gasteiger charge is 2.19. The minimum absolute atomic E-state index is 0.0575. The second-order valence-corrected chi connectivity index (χ2v) is 6.63. The van der Waals surface area contributed by atoms with Crippen LogP contribution in [0.3, 0.4) is 0 Å². The summed E-state index contributed by atoms with van der Waals surface area (Å²) in [6.45, 7) is 5.79. The number of nitrogens with zero attached hydrogens (tertiary/aromatic N) is 1. The first-order valence-electron chi connectivity index (χ1n) is 6.84. The number of rotatable bonds is 7. The van der Waals surface area contributed by atoms with Crippen molar-refractivity contribution in [1.29, 1.82) is 0 Å². The number of aliphatic hydroxyl groups excluding tert-OH is 1. The zero-order chi connectivity index (χ0) is 16.0. The molecule has 2 N–H and O–H groups in total. The van der Waals surface area contributed by atoms with Crippen molar-refractivity contribution in [3.63, 3.8) is 0 Å². The van der Waals surface area contributed by atoms with Gasteiger partial charge >= 0.3 is 0 Å². The minimum Gasteiger partial charge on any atom is -0.395 e. The number of sulfonamides is 1. The normalized spacial score (nSPS) is 11.7. The molecule has 1 aromatic carbocycles. The van der Waals surface area contributed by atoms with Crippen molar-refractivity contribution in [2.24, 2.45) is 0 Å². The van der Waals surface area contributed by atoms with Crippen LogP contribution >= 0.6 is 0 Å². The molecule has 0 aromatic heterocycles. The number of carbonyl (C=O) groups excluding carboxylic acids is 1. The van der Waals surface area contributed by atoms with Crippen LogP contribution < -0.4 is 4.72 Å². The first-order chi connectivity index (χ1) is 9.81. The van der Waals surface area contributed by atoms with Gasteiger partial charge < -0.3 is 10.0 Å². The van der Waals surface area contributed by atoms with Gasteiger partial charge in [0, 0.05) is 24.7 Å². The number of hydrogen-bond acceptors (Lipinski definition) is 4. The second-order valence-electron chi connectivity index (χ2n) is 4.91.